The van der Waals surface area contributed by atoms with E-state index in [4.69, 9.17) is 4.74 Å². The third-order valence-corrected chi connectivity index (χ3v) is 4.07. The molecule has 0 aliphatic heterocycles. The number of aromatic nitrogens is 2. The molecule has 0 saturated heterocycles. The van der Waals surface area contributed by atoms with E-state index in [1.54, 1.807) is 10.9 Å². The smallest absolute Gasteiger partial charge is 0.413 e. The fourth-order valence-electron chi connectivity index (χ4n) is 2.91. The van der Waals surface area contributed by atoms with Crippen LogP contribution in [0.4, 0.5) is 10.6 Å². The Morgan fingerprint density at radius 3 is 2.57 bits per heavy atom. The fourth-order valence-corrected chi connectivity index (χ4v) is 2.91. The molecule has 0 bridgehead atoms. The van der Waals surface area contributed by atoms with Gasteiger partial charge in [-0.05, 0) is 33.6 Å². The minimum Gasteiger partial charge on any atom is -0.444 e. The predicted octanol–water partition coefficient (Wildman–Crippen LogP) is 3.58. The summed E-state index contributed by atoms with van der Waals surface area (Å²) >= 11 is 0. The van der Waals surface area contributed by atoms with Crippen LogP contribution in [-0.2, 0) is 18.3 Å². The number of anilines is 1. The number of carbonyl (C=O) groups excluding carboxylic acids is 1. The normalized spacial score (nSPS) is 16.9. The molecule has 0 unspecified atom stereocenters. The van der Waals surface area contributed by atoms with Crippen molar-refractivity contribution in [2.45, 2.75) is 77.5 Å². The van der Waals surface area contributed by atoms with Gasteiger partial charge >= 0.3 is 6.09 Å². The summed E-state index contributed by atoms with van der Waals surface area (Å²) in [6.45, 7) is 6.27. The number of carbonyl (C=O) groups is 1. The minimum absolute atomic E-state index is 0.447. The molecule has 1 heterocycles. The number of ether oxygens (including phenoxy) is 1. The summed E-state index contributed by atoms with van der Waals surface area (Å²) in [4.78, 5) is 12.0. The van der Waals surface area contributed by atoms with Crippen molar-refractivity contribution in [3.63, 3.8) is 0 Å². The van der Waals surface area contributed by atoms with Gasteiger partial charge in [-0.1, -0.05) is 25.7 Å². The lowest BCUT2D eigenvalue weighted by Crippen LogP contribution is -2.30. The molecule has 6 nitrogen and oxygen atoms in total. The Morgan fingerprint density at radius 2 is 1.96 bits per heavy atom. The van der Waals surface area contributed by atoms with Crippen LogP contribution in [0.2, 0.25) is 0 Å². The number of nitrogens with zero attached hydrogens (tertiary/aromatic N) is 2. The van der Waals surface area contributed by atoms with Crippen molar-refractivity contribution in [1.82, 2.24) is 15.1 Å². The van der Waals surface area contributed by atoms with Gasteiger partial charge < -0.3 is 10.1 Å². The molecule has 1 saturated carbocycles. The summed E-state index contributed by atoms with van der Waals surface area (Å²) in [5.74, 6) is 0.695. The Morgan fingerprint density at radius 1 is 1.30 bits per heavy atom. The summed E-state index contributed by atoms with van der Waals surface area (Å²) in [5, 5.41) is 10.7. The van der Waals surface area contributed by atoms with Crippen molar-refractivity contribution >= 4 is 11.9 Å². The van der Waals surface area contributed by atoms with E-state index < -0.39 is 11.7 Å². The summed E-state index contributed by atoms with van der Waals surface area (Å²) in [6.07, 6.45) is 9.10. The summed E-state index contributed by atoms with van der Waals surface area (Å²) in [7, 11) is 1.82. The molecule has 2 rings (SSSR count). The largest absolute Gasteiger partial charge is 0.444 e. The van der Waals surface area contributed by atoms with Gasteiger partial charge in [0.15, 0.2) is 0 Å². The van der Waals surface area contributed by atoms with Crippen LogP contribution in [0, 0.1) is 0 Å². The molecule has 0 atom stereocenters. The van der Waals surface area contributed by atoms with Crippen LogP contribution >= 0.6 is 0 Å². The van der Waals surface area contributed by atoms with Crippen LogP contribution in [-0.4, -0.2) is 27.5 Å². The number of hydrogen-bond acceptors (Lipinski definition) is 4. The van der Waals surface area contributed by atoms with Crippen LogP contribution in [0.1, 0.15) is 64.9 Å². The lowest BCUT2D eigenvalue weighted by atomic mass is 10.1. The lowest BCUT2D eigenvalue weighted by molar-refractivity contribution is 0.0634. The van der Waals surface area contributed by atoms with E-state index >= 15 is 0 Å². The molecule has 23 heavy (non-hydrogen) atoms. The monoisotopic (exact) mass is 322 g/mol. The van der Waals surface area contributed by atoms with Gasteiger partial charge in [0, 0.05) is 25.2 Å². The third kappa shape index (κ3) is 5.86. The highest BCUT2D eigenvalue weighted by molar-refractivity contribution is 5.84. The van der Waals surface area contributed by atoms with Gasteiger partial charge in [0.1, 0.15) is 11.4 Å². The van der Waals surface area contributed by atoms with Crippen LogP contribution in [0.15, 0.2) is 6.20 Å². The topological polar surface area (TPSA) is 68.2 Å². The highest BCUT2D eigenvalue weighted by Crippen LogP contribution is 2.20. The second kappa shape index (κ2) is 7.81. The average Bonchev–Trinajstić information content (AvgIpc) is 2.66. The van der Waals surface area contributed by atoms with E-state index in [9.17, 15) is 4.79 Å². The zero-order valence-electron chi connectivity index (χ0n) is 14.8. The fraction of sp³-hybridized carbons (Fsp3) is 0.765. The molecule has 1 aliphatic carbocycles. The first kappa shape index (κ1) is 17.8. The molecule has 0 radical (unpaired) electrons. The molecule has 130 valence electrons. The third-order valence-electron chi connectivity index (χ3n) is 4.07. The van der Waals surface area contributed by atoms with Crippen LogP contribution in [0.25, 0.3) is 0 Å². The van der Waals surface area contributed by atoms with Crippen molar-refractivity contribution in [1.29, 1.82) is 0 Å². The van der Waals surface area contributed by atoms with E-state index in [1.807, 2.05) is 27.8 Å². The van der Waals surface area contributed by atoms with Gasteiger partial charge in [-0.15, -0.1) is 0 Å². The summed E-state index contributed by atoms with van der Waals surface area (Å²) in [6, 6.07) is 0.562. The Kier molecular flexibility index (Phi) is 6.04. The first-order chi connectivity index (χ1) is 10.8. The minimum atomic E-state index is -0.512. The molecule has 1 amide bonds. The Hall–Kier alpha value is -1.56. The SMILES string of the molecule is Cn1ncc(CNC2CCCCCC2)c1NC(=O)OC(C)(C)C. The number of nitrogens with one attached hydrogen (secondary N) is 2. The van der Waals surface area contributed by atoms with E-state index in [-0.39, 0.29) is 0 Å². The first-order valence-corrected chi connectivity index (χ1v) is 8.59. The van der Waals surface area contributed by atoms with Crippen molar-refractivity contribution in [3.8, 4) is 0 Å². The summed E-state index contributed by atoms with van der Waals surface area (Å²) in [5.41, 5.74) is 0.476. The maximum absolute atomic E-state index is 12.0. The number of aryl methyl sites for hydroxylation is 1. The van der Waals surface area contributed by atoms with Gasteiger partial charge in [-0.2, -0.15) is 5.10 Å². The molecular weight excluding hydrogens is 292 g/mol. The Bertz CT molecular complexity index is 511. The highest BCUT2D eigenvalue weighted by atomic mass is 16.6. The average molecular weight is 322 g/mol. The van der Waals surface area contributed by atoms with Gasteiger partial charge in [0.05, 0.1) is 6.20 Å². The van der Waals surface area contributed by atoms with E-state index in [2.05, 4.69) is 15.7 Å². The Labute approximate surface area is 139 Å². The van der Waals surface area contributed by atoms with E-state index in [0.717, 1.165) is 5.56 Å². The molecule has 1 aliphatic rings. The van der Waals surface area contributed by atoms with E-state index in [1.165, 1.54) is 38.5 Å². The quantitative estimate of drug-likeness (QED) is 0.831. The predicted molar refractivity (Wildman–Crippen MR) is 91.4 cm³/mol. The molecule has 2 N–H and O–H groups in total. The molecule has 0 aromatic carbocycles. The number of hydrogen-bond donors (Lipinski definition) is 2. The van der Waals surface area contributed by atoms with Gasteiger partial charge in [-0.25, -0.2) is 4.79 Å². The molecule has 1 fully saturated rings. The number of amides is 1. The second-order valence-electron chi connectivity index (χ2n) is 7.34. The first-order valence-electron chi connectivity index (χ1n) is 8.59. The van der Waals surface area contributed by atoms with Crippen LogP contribution in [0.3, 0.4) is 0 Å². The Balaban J connectivity index is 1.93. The highest BCUT2D eigenvalue weighted by Gasteiger charge is 2.19. The molecule has 1 aromatic heterocycles. The van der Waals surface area contributed by atoms with Gasteiger partial charge in [-0.3, -0.25) is 10.00 Å². The van der Waals surface area contributed by atoms with Gasteiger partial charge in [0.2, 0.25) is 0 Å². The maximum atomic E-state index is 12.0. The maximum Gasteiger partial charge on any atom is 0.413 e. The zero-order valence-corrected chi connectivity index (χ0v) is 14.8. The molecular formula is C17H30N4O2. The van der Waals surface area contributed by atoms with E-state index in [0.29, 0.717) is 18.4 Å². The van der Waals surface area contributed by atoms with Crippen LogP contribution in [0.5, 0.6) is 0 Å². The standard InChI is InChI=1S/C17H30N4O2/c1-17(2,3)23-16(22)20-15-13(12-19-21(15)4)11-18-14-9-7-5-6-8-10-14/h12,14,18H,5-11H2,1-4H3,(H,20,22). The molecule has 0 spiro atoms. The lowest BCUT2D eigenvalue weighted by Gasteiger charge is -2.20. The number of rotatable bonds is 4. The zero-order chi connectivity index (χ0) is 16.9. The second-order valence-corrected chi connectivity index (χ2v) is 7.34. The van der Waals surface area contributed by atoms with Crippen molar-refractivity contribution < 1.29 is 9.53 Å². The van der Waals surface area contributed by atoms with Gasteiger partial charge in [0.25, 0.3) is 0 Å². The molecule has 6 heteroatoms. The molecule has 1 aromatic rings. The van der Waals surface area contributed by atoms with Crippen molar-refractivity contribution in [2.75, 3.05) is 5.32 Å². The van der Waals surface area contributed by atoms with Crippen molar-refractivity contribution in [2.24, 2.45) is 7.05 Å². The van der Waals surface area contributed by atoms with Crippen molar-refractivity contribution in [3.05, 3.63) is 11.8 Å². The van der Waals surface area contributed by atoms with Crippen LogP contribution < -0.4 is 10.6 Å². The summed E-state index contributed by atoms with van der Waals surface area (Å²) < 4.78 is 7.00.